The summed E-state index contributed by atoms with van der Waals surface area (Å²) in [5.41, 5.74) is 8.07. The van der Waals surface area contributed by atoms with E-state index in [2.05, 4.69) is 13.0 Å². The molecule has 0 radical (unpaired) electrons. The highest BCUT2D eigenvalue weighted by atomic mass is 16.3. The van der Waals surface area contributed by atoms with E-state index in [-0.39, 0.29) is 23.0 Å². The van der Waals surface area contributed by atoms with Crippen molar-refractivity contribution >= 4 is 0 Å². The van der Waals surface area contributed by atoms with E-state index in [9.17, 15) is 10.2 Å². The molecule has 0 aliphatic heterocycles. The van der Waals surface area contributed by atoms with Crippen LogP contribution in [0.4, 0.5) is 0 Å². The first kappa shape index (κ1) is 15.2. The smallest absolute Gasteiger partial charge is 0.0596 e. The van der Waals surface area contributed by atoms with Crippen LogP contribution in [0, 0.1) is 28.6 Å². The molecule has 3 saturated carbocycles. The van der Waals surface area contributed by atoms with Crippen molar-refractivity contribution in [3.63, 3.8) is 0 Å². The van der Waals surface area contributed by atoms with E-state index in [0.717, 1.165) is 45.1 Å². The number of rotatable bonds is 1. The molecule has 0 bridgehead atoms. The van der Waals surface area contributed by atoms with Crippen LogP contribution >= 0.6 is 0 Å². The zero-order valence-electron chi connectivity index (χ0n) is 13.8. The number of allylic oxidation sites excluding steroid dienone is 1. The lowest BCUT2D eigenvalue weighted by Crippen LogP contribution is -2.54. The summed E-state index contributed by atoms with van der Waals surface area (Å²) in [6.45, 7) is 3.06. The van der Waals surface area contributed by atoms with Crippen molar-refractivity contribution in [2.75, 3.05) is 6.54 Å². The summed E-state index contributed by atoms with van der Waals surface area (Å²) < 4.78 is 0. The summed E-state index contributed by atoms with van der Waals surface area (Å²) in [7, 11) is 0. The van der Waals surface area contributed by atoms with Crippen molar-refractivity contribution in [3.05, 3.63) is 11.6 Å². The van der Waals surface area contributed by atoms with E-state index in [1.165, 1.54) is 18.4 Å². The highest BCUT2D eigenvalue weighted by molar-refractivity contribution is 5.27. The number of nitrogens with two attached hydrogens (primary N) is 1. The number of aliphatic hydroxyl groups is 2. The van der Waals surface area contributed by atoms with E-state index < -0.39 is 0 Å². The van der Waals surface area contributed by atoms with Gasteiger partial charge >= 0.3 is 0 Å². The fourth-order valence-electron chi connectivity index (χ4n) is 6.79. The zero-order chi connectivity index (χ0) is 15.5. The Balaban J connectivity index is 1.70. The van der Waals surface area contributed by atoms with Gasteiger partial charge in [-0.1, -0.05) is 18.6 Å². The molecule has 22 heavy (non-hydrogen) atoms. The van der Waals surface area contributed by atoms with Crippen molar-refractivity contribution in [1.29, 1.82) is 0 Å². The Morgan fingerprint density at radius 1 is 1.14 bits per heavy atom. The second-order valence-corrected chi connectivity index (χ2v) is 8.74. The molecule has 4 N–H and O–H groups in total. The van der Waals surface area contributed by atoms with Gasteiger partial charge in [0.05, 0.1) is 12.2 Å². The van der Waals surface area contributed by atoms with E-state index in [1.807, 2.05) is 0 Å². The number of hydrogen-bond donors (Lipinski definition) is 3. The van der Waals surface area contributed by atoms with E-state index in [0.29, 0.717) is 17.8 Å². The fraction of sp³-hybridized carbons (Fsp3) is 0.895. The first-order valence-corrected chi connectivity index (χ1v) is 9.27. The minimum absolute atomic E-state index is 0.106. The number of aliphatic hydroxyl groups excluding tert-OH is 2. The molecule has 0 aromatic carbocycles. The molecule has 124 valence electrons. The summed E-state index contributed by atoms with van der Waals surface area (Å²) in [4.78, 5) is 0. The summed E-state index contributed by atoms with van der Waals surface area (Å²) in [6.07, 6.45) is 10.6. The molecule has 0 spiro atoms. The maximum atomic E-state index is 10.5. The molecule has 7 atom stereocenters. The van der Waals surface area contributed by atoms with Gasteiger partial charge in [0.1, 0.15) is 0 Å². The van der Waals surface area contributed by atoms with Gasteiger partial charge in [-0.2, -0.15) is 0 Å². The van der Waals surface area contributed by atoms with Crippen LogP contribution in [-0.2, 0) is 0 Å². The number of fused-ring (bicyclic) bond motifs is 5. The summed E-state index contributed by atoms with van der Waals surface area (Å²) in [6, 6.07) is 0. The lowest BCUT2D eigenvalue weighted by Gasteiger charge is -2.58. The maximum absolute atomic E-state index is 10.5. The molecule has 3 nitrogen and oxygen atoms in total. The standard InChI is InChI=1S/C19H31NO2/c1-18-8-7-16-14(15(18)4-5-17(18)22)3-2-12-10-13(21)6-9-19(12,16)11-20/h2,13-17,21-22H,3-11,20H2,1H3. The summed E-state index contributed by atoms with van der Waals surface area (Å²) in [5, 5.41) is 20.6. The Hall–Kier alpha value is -0.380. The molecule has 0 saturated heterocycles. The van der Waals surface area contributed by atoms with Crippen molar-refractivity contribution in [2.45, 2.75) is 70.5 Å². The van der Waals surface area contributed by atoms with Crippen LogP contribution in [0.3, 0.4) is 0 Å². The molecule has 3 fully saturated rings. The van der Waals surface area contributed by atoms with Gasteiger partial charge in [0.25, 0.3) is 0 Å². The van der Waals surface area contributed by atoms with Gasteiger partial charge in [0.15, 0.2) is 0 Å². The minimum Gasteiger partial charge on any atom is -0.393 e. The van der Waals surface area contributed by atoms with Crippen LogP contribution in [0.2, 0.25) is 0 Å². The first-order valence-electron chi connectivity index (χ1n) is 9.27. The van der Waals surface area contributed by atoms with Crippen molar-refractivity contribution < 1.29 is 10.2 Å². The molecule has 4 aliphatic carbocycles. The molecule has 0 aromatic heterocycles. The van der Waals surface area contributed by atoms with Crippen LogP contribution in [0.1, 0.15) is 58.3 Å². The average molecular weight is 305 g/mol. The number of hydrogen-bond acceptors (Lipinski definition) is 3. The summed E-state index contributed by atoms with van der Waals surface area (Å²) in [5.74, 6) is 2.03. The SMILES string of the molecule is CC12CCC3C(CC=C4CC(O)CCC43CN)C1CCC2O. The molecule has 7 unspecified atom stereocenters. The molecule has 0 aromatic rings. The monoisotopic (exact) mass is 305 g/mol. The average Bonchev–Trinajstić information content (AvgIpc) is 2.82. The van der Waals surface area contributed by atoms with Gasteiger partial charge in [-0.15, -0.1) is 0 Å². The predicted octanol–water partition coefficient (Wildman–Crippen LogP) is 2.61. The topological polar surface area (TPSA) is 66.5 Å². The molecule has 4 aliphatic rings. The highest BCUT2D eigenvalue weighted by Crippen LogP contribution is 2.64. The van der Waals surface area contributed by atoms with Gasteiger partial charge in [0.2, 0.25) is 0 Å². The van der Waals surface area contributed by atoms with Crippen molar-refractivity contribution in [1.82, 2.24) is 0 Å². The quantitative estimate of drug-likeness (QED) is 0.652. The molecule has 4 rings (SSSR count). The second kappa shape index (κ2) is 5.06. The third-order valence-electron chi connectivity index (χ3n) is 8.12. The Kier molecular flexibility index (Phi) is 3.49. The van der Waals surface area contributed by atoms with Gasteiger partial charge < -0.3 is 15.9 Å². The first-order chi connectivity index (χ1) is 10.5. The molecule has 0 heterocycles. The Morgan fingerprint density at radius 2 is 1.95 bits per heavy atom. The van der Waals surface area contributed by atoms with Crippen molar-refractivity contribution in [2.24, 2.45) is 34.3 Å². The molecule has 0 amide bonds. The molecular formula is C19H31NO2. The van der Waals surface area contributed by atoms with Crippen LogP contribution in [0.25, 0.3) is 0 Å². The van der Waals surface area contributed by atoms with Gasteiger partial charge in [0, 0.05) is 12.0 Å². The van der Waals surface area contributed by atoms with E-state index >= 15 is 0 Å². The van der Waals surface area contributed by atoms with Gasteiger partial charge in [-0.25, -0.2) is 0 Å². The van der Waals surface area contributed by atoms with Crippen LogP contribution in [-0.4, -0.2) is 29.0 Å². The zero-order valence-corrected chi connectivity index (χ0v) is 13.8. The lowest BCUT2D eigenvalue weighted by molar-refractivity contribution is -0.0734. The largest absolute Gasteiger partial charge is 0.393 e. The van der Waals surface area contributed by atoms with Gasteiger partial charge in [-0.3, -0.25) is 0 Å². The molecular weight excluding hydrogens is 274 g/mol. The Bertz CT molecular complexity index is 490. The lowest BCUT2D eigenvalue weighted by atomic mass is 9.47. The van der Waals surface area contributed by atoms with Gasteiger partial charge in [-0.05, 0) is 74.5 Å². The van der Waals surface area contributed by atoms with Crippen LogP contribution < -0.4 is 5.73 Å². The molecule has 3 heteroatoms. The predicted molar refractivity (Wildman–Crippen MR) is 87.1 cm³/mol. The van der Waals surface area contributed by atoms with Crippen LogP contribution in [0.15, 0.2) is 11.6 Å². The minimum atomic E-state index is -0.162. The van der Waals surface area contributed by atoms with Crippen LogP contribution in [0.5, 0.6) is 0 Å². The summed E-state index contributed by atoms with van der Waals surface area (Å²) >= 11 is 0. The highest BCUT2D eigenvalue weighted by Gasteiger charge is 2.59. The normalized spacial score (nSPS) is 54.2. The third kappa shape index (κ3) is 1.85. The second-order valence-electron chi connectivity index (χ2n) is 8.74. The Morgan fingerprint density at radius 3 is 2.73 bits per heavy atom. The third-order valence-corrected chi connectivity index (χ3v) is 8.12. The fourth-order valence-corrected chi connectivity index (χ4v) is 6.79. The van der Waals surface area contributed by atoms with E-state index in [1.54, 1.807) is 0 Å². The van der Waals surface area contributed by atoms with E-state index in [4.69, 9.17) is 5.73 Å². The van der Waals surface area contributed by atoms with Crippen molar-refractivity contribution in [3.8, 4) is 0 Å². The maximum Gasteiger partial charge on any atom is 0.0596 e. The Labute approximate surface area is 134 Å².